The molecule has 2 nitrogen and oxygen atoms in total. The third-order valence-electron chi connectivity index (χ3n) is 1.58. The predicted octanol–water partition coefficient (Wildman–Crippen LogP) is 2.20. The van der Waals surface area contributed by atoms with E-state index >= 15 is 0 Å². The molecule has 0 aliphatic heterocycles. The van der Waals surface area contributed by atoms with Gasteiger partial charge in [0.1, 0.15) is 16.6 Å². The Morgan fingerprint density at radius 2 is 2.17 bits per heavy atom. The van der Waals surface area contributed by atoms with Crippen LogP contribution in [0, 0.1) is 5.82 Å². The lowest BCUT2D eigenvalue weighted by molar-refractivity contribution is 0.467. The Hall–Kier alpha value is -0.800. The van der Waals surface area contributed by atoms with Gasteiger partial charge in [0.2, 0.25) is 0 Å². The van der Waals surface area contributed by atoms with E-state index in [1.807, 2.05) is 0 Å². The monoisotopic (exact) mass is 189 g/mol. The highest BCUT2D eigenvalue weighted by atomic mass is 35.5. The minimum absolute atomic E-state index is 0.265. The van der Waals surface area contributed by atoms with E-state index in [9.17, 15) is 4.39 Å². The van der Waals surface area contributed by atoms with Crippen molar-refractivity contribution < 1.29 is 9.50 Å². The standard InChI is InChI=1S/C8H9ClFNO/c1-4(11)5-2-3-6(12)7(9)8(5)10/h2-4,12H,11H2,1H3. The van der Waals surface area contributed by atoms with E-state index in [-0.39, 0.29) is 10.8 Å². The van der Waals surface area contributed by atoms with Gasteiger partial charge in [-0.1, -0.05) is 17.7 Å². The second-order valence-corrected chi connectivity index (χ2v) is 2.97. The quantitative estimate of drug-likeness (QED) is 0.712. The Labute approximate surface area is 74.8 Å². The molecule has 1 aromatic rings. The van der Waals surface area contributed by atoms with Gasteiger partial charge in [0.15, 0.2) is 0 Å². The normalized spacial score (nSPS) is 13.0. The Kier molecular flexibility index (Phi) is 2.55. The first kappa shape index (κ1) is 9.29. The topological polar surface area (TPSA) is 46.2 Å². The molecule has 0 radical (unpaired) electrons. The van der Waals surface area contributed by atoms with Crippen LogP contribution >= 0.6 is 11.6 Å². The van der Waals surface area contributed by atoms with E-state index < -0.39 is 11.9 Å². The molecule has 0 aromatic heterocycles. The van der Waals surface area contributed by atoms with Crippen LogP contribution in [-0.2, 0) is 0 Å². The fraction of sp³-hybridized carbons (Fsp3) is 0.250. The molecular weight excluding hydrogens is 181 g/mol. The molecule has 1 atom stereocenters. The summed E-state index contributed by atoms with van der Waals surface area (Å²) >= 11 is 5.45. The van der Waals surface area contributed by atoms with Crippen molar-refractivity contribution in [3.63, 3.8) is 0 Å². The lowest BCUT2D eigenvalue weighted by Gasteiger charge is -2.08. The molecule has 0 fully saturated rings. The zero-order valence-corrected chi connectivity index (χ0v) is 7.27. The fourth-order valence-electron chi connectivity index (χ4n) is 0.906. The maximum atomic E-state index is 13.1. The zero-order valence-electron chi connectivity index (χ0n) is 6.51. The molecule has 12 heavy (non-hydrogen) atoms. The van der Waals surface area contributed by atoms with Gasteiger partial charge in [0, 0.05) is 11.6 Å². The molecule has 1 unspecified atom stereocenters. The summed E-state index contributed by atoms with van der Waals surface area (Å²) in [6.07, 6.45) is 0. The van der Waals surface area contributed by atoms with Crippen molar-refractivity contribution in [2.75, 3.05) is 0 Å². The largest absolute Gasteiger partial charge is 0.506 e. The van der Waals surface area contributed by atoms with Crippen LogP contribution in [0.4, 0.5) is 4.39 Å². The number of hydrogen-bond donors (Lipinski definition) is 2. The number of aromatic hydroxyl groups is 1. The molecule has 0 saturated heterocycles. The van der Waals surface area contributed by atoms with Crippen molar-refractivity contribution in [1.82, 2.24) is 0 Å². The Balaban J connectivity index is 3.27. The van der Waals surface area contributed by atoms with Crippen molar-refractivity contribution in [3.8, 4) is 5.75 Å². The van der Waals surface area contributed by atoms with Crippen molar-refractivity contribution >= 4 is 11.6 Å². The van der Waals surface area contributed by atoms with Gasteiger partial charge in [-0.25, -0.2) is 4.39 Å². The van der Waals surface area contributed by atoms with Gasteiger partial charge in [0.05, 0.1) is 0 Å². The van der Waals surface area contributed by atoms with Crippen molar-refractivity contribution in [2.45, 2.75) is 13.0 Å². The van der Waals surface area contributed by atoms with Crippen LogP contribution in [0.5, 0.6) is 5.75 Å². The molecule has 0 bridgehead atoms. The highest BCUT2D eigenvalue weighted by Gasteiger charge is 2.12. The second kappa shape index (κ2) is 3.29. The van der Waals surface area contributed by atoms with Crippen LogP contribution < -0.4 is 5.73 Å². The number of rotatable bonds is 1. The van der Waals surface area contributed by atoms with Crippen molar-refractivity contribution in [2.24, 2.45) is 5.73 Å². The second-order valence-electron chi connectivity index (χ2n) is 2.59. The van der Waals surface area contributed by atoms with E-state index in [1.165, 1.54) is 12.1 Å². The average Bonchev–Trinajstić information content (AvgIpc) is 2.00. The molecular formula is C8H9ClFNO. The molecule has 0 spiro atoms. The number of halogens is 2. The predicted molar refractivity (Wildman–Crippen MR) is 45.7 cm³/mol. The smallest absolute Gasteiger partial charge is 0.150 e. The highest BCUT2D eigenvalue weighted by molar-refractivity contribution is 6.32. The van der Waals surface area contributed by atoms with E-state index in [2.05, 4.69) is 0 Å². The maximum Gasteiger partial charge on any atom is 0.150 e. The average molecular weight is 190 g/mol. The summed E-state index contributed by atoms with van der Waals surface area (Å²) in [5, 5.41) is 8.72. The molecule has 66 valence electrons. The number of hydrogen-bond acceptors (Lipinski definition) is 2. The van der Waals surface area contributed by atoms with Gasteiger partial charge < -0.3 is 10.8 Å². The van der Waals surface area contributed by atoms with Crippen LogP contribution in [-0.4, -0.2) is 5.11 Å². The first-order valence-corrected chi connectivity index (χ1v) is 3.84. The van der Waals surface area contributed by atoms with E-state index in [1.54, 1.807) is 6.92 Å². The van der Waals surface area contributed by atoms with Crippen molar-refractivity contribution in [3.05, 3.63) is 28.5 Å². The molecule has 3 N–H and O–H groups in total. The van der Waals surface area contributed by atoms with Crippen molar-refractivity contribution in [1.29, 1.82) is 0 Å². The van der Waals surface area contributed by atoms with Crippen LogP contribution in [0.1, 0.15) is 18.5 Å². The number of phenols is 1. The van der Waals surface area contributed by atoms with E-state index in [4.69, 9.17) is 22.4 Å². The third kappa shape index (κ3) is 1.52. The summed E-state index contributed by atoms with van der Waals surface area (Å²) in [5.41, 5.74) is 5.76. The van der Waals surface area contributed by atoms with Gasteiger partial charge in [-0.15, -0.1) is 0 Å². The SMILES string of the molecule is CC(N)c1ccc(O)c(Cl)c1F. The number of nitrogens with two attached hydrogens (primary N) is 1. The molecule has 0 amide bonds. The molecule has 4 heteroatoms. The van der Waals surface area contributed by atoms with E-state index in [0.29, 0.717) is 5.56 Å². The molecule has 0 heterocycles. The molecule has 0 aliphatic rings. The minimum atomic E-state index is -0.647. The molecule has 0 saturated carbocycles. The van der Waals surface area contributed by atoms with Gasteiger partial charge >= 0.3 is 0 Å². The molecule has 0 aliphatic carbocycles. The van der Waals surface area contributed by atoms with Crippen LogP contribution in [0.25, 0.3) is 0 Å². The van der Waals surface area contributed by atoms with Crippen LogP contribution in [0.15, 0.2) is 12.1 Å². The first-order valence-electron chi connectivity index (χ1n) is 3.46. The zero-order chi connectivity index (χ0) is 9.30. The molecule has 1 aromatic carbocycles. The Morgan fingerprint density at radius 1 is 1.58 bits per heavy atom. The summed E-state index contributed by atoms with van der Waals surface area (Å²) in [6, 6.07) is 2.31. The minimum Gasteiger partial charge on any atom is -0.506 e. The lowest BCUT2D eigenvalue weighted by atomic mass is 10.1. The highest BCUT2D eigenvalue weighted by Crippen LogP contribution is 2.30. The maximum absolute atomic E-state index is 13.1. The van der Waals surface area contributed by atoms with Crippen LogP contribution in [0.2, 0.25) is 5.02 Å². The lowest BCUT2D eigenvalue weighted by Crippen LogP contribution is -2.07. The third-order valence-corrected chi connectivity index (χ3v) is 1.94. The summed E-state index contributed by atoms with van der Waals surface area (Å²) < 4.78 is 13.1. The van der Waals surface area contributed by atoms with Gasteiger partial charge in [-0.05, 0) is 13.0 Å². The summed E-state index contributed by atoms with van der Waals surface area (Å²) in [4.78, 5) is 0. The summed E-state index contributed by atoms with van der Waals surface area (Å²) in [5.74, 6) is -0.912. The van der Waals surface area contributed by atoms with Gasteiger partial charge in [-0.2, -0.15) is 0 Å². The molecule has 1 rings (SSSR count). The van der Waals surface area contributed by atoms with Gasteiger partial charge in [-0.3, -0.25) is 0 Å². The van der Waals surface area contributed by atoms with Gasteiger partial charge in [0.25, 0.3) is 0 Å². The van der Waals surface area contributed by atoms with Crippen LogP contribution in [0.3, 0.4) is 0 Å². The Morgan fingerprint density at radius 3 is 2.67 bits per heavy atom. The number of benzene rings is 1. The Bertz CT molecular complexity index is 301. The summed E-state index contributed by atoms with van der Waals surface area (Å²) in [7, 11) is 0. The number of phenolic OH excluding ortho intramolecular Hbond substituents is 1. The van der Waals surface area contributed by atoms with E-state index in [0.717, 1.165) is 0 Å². The summed E-state index contributed by atoms with van der Waals surface area (Å²) in [6.45, 7) is 1.64. The fourth-order valence-corrected chi connectivity index (χ4v) is 1.08. The first-order chi connectivity index (χ1) is 5.54.